The molecular weight excluding hydrogens is 266 g/mol. The van der Waals surface area contributed by atoms with Gasteiger partial charge in [-0.2, -0.15) is 0 Å². The number of hydrogen-bond donors (Lipinski definition) is 2. The summed E-state index contributed by atoms with van der Waals surface area (Å²) >= 11 is 0. The first-order valence-corrected chi connectivity index (χ1v) is 8.29. The molecule has 3 aliphatic rings. The van der Waals surface area contributed by atoms with Crippen LogP contribution in [0.1, 0.15) is 33.1 Å². The van der Waals surface area contributed by atoms with Crippen LogP contribution in [0.15, 0.2) is 4.99 Å². The van der Waals surface area contributed by atoms with Crippen LogP contribution < -0.4 is 10.6 Å². The van der Waals surface area contributed by atoms with E-state index >= 15 is 0 Å². The molecule has 2 aliphatic carbocycles. The number of ether oxygens (including phenoxy) is 2. The predicted molar refractivity (Wildman–Crippen MR) is 83.5 cm³/mol. The van der Waals surface area contributed by atoms with Gasteiger partial charge in [0.05, 0.1) is 12.7 Å². The van der Waals surface area contributed by atoms with Gasteiger partial charge < -0.3 is 20.1 Å². The van der Waals surface area contributed by atoms with Gasteiger partial charge in [0.15, 0.2) is 5.96 Å². The molecule has 2 N–H and O–H groups in total. The van der Waals surface area contributed by atoms with Gasteiger partial charge in [0.2, 0.25) is 0 Å². The van der Waals surface area contributed by atoms with E-state index in [9.17, 15) is 0 Å². The van der Waals surface area contributed by atoms with Crippen molar-refractivity contribution in [2.75, 3.05) is 33.4 Å². The van der Waals surface area contributed by atoms with Crippen molar-refractivity contribution >= 4 is 5.96 Å². The molecule has 3 rings (SSSR count). The Morgan fingerprint density at radius 3 is 2.86 bits per heavy atom. The molecule has 120 valence electrons. The van der Waals surface area contributed by atoms with E-state index < -0.39 is 0 Å². The molecule has 2 saturated carbocycles. The van der Waals surface area contributed by atoms with Crippen LogP contribution >= 0.6 is 0 Å². The lowest BCUT2D eigenvalue weighted by Crippen LogP contribution is -2.68. The molecular formula is C16H29N3O2. The maximum Gasteiger partial charge on any atom is 0.191 e. The number of aliphatic imine (C=N–C) groups is 1. The zero-order valence-corrected chi connectivity index (χ0v) is 13.5. The first-order chi connectivity index (χ1) is 10.1. The molecule has 0 bridgehead atoms. The molecule has 3 unspecified atom stereocenters. The summed E-state index contributed by atoms with van der Waals surface area (Å²) in [6.45, 7) is 7.94. The van der Waals surface area contributed by atoms with Crippen molar-refractivity contribution in [1.29, 1.82) is 0 Å². The van der Waals surface area contributed by atoms with Crippen LogP contribution in [0.2, 0.25) is 0 Å². The van der Waals surface area contributed by atoms with Crippen LogP contribution in [0.4, 0.5) is 0 Å². The first kappa shape index (κ1) is 15.1. The van der Waals surface area contributed by atoms with Gasteiger partial charge in [-0.3, -0.25) is 4.99 Å². The maximum atomic E-state index is 5.83. The lowest BCUT2D eigenvalue weighted by Gasteiger charge is -2.54. The van der Waals surface area contributed by atoms with Crippen molar-refractivity contribution in [3.63, 3.8) is 0 Å². The van der Waals surface area contributed by atoms with Crippen molar-refractivity contribution < 1.29 is 9.47 Å². The van der Waals surface area contributed by atoms with Crippen LogP contribution in [0, 0.1) is 17.3 Å². The maximum absolute atomic E-state index is 5.83. The van der Waals surface area contributed by atoms with Crippen LogP contribution in [0.3, 0.4) is 0 Å². The molecule has 0 aromatic heterocycles. The molecule has 1 heterocycles. The minimum absolute atomic E-state index is 0.182. The topological polar surface area (TPSA) is 54.9 Å². The molecule has 3 fully saturated rings. The highest BCUT2D eigenvalue weighted by Gasteiger charge is 2.59. The summed E-state index contributed by atoms with van der Waals surface area (Å²) in [5.74, 6) is 2.34. The predicted octanol–water partition coefficient (Wildman–Crippen LogP) is 1.39. The SMILES string of the molecule is CN=C(NCCOCC1CC1)NC1C2CCOC2C1(C)C. The fourth-order valence-electron chi connectivity index (χ4n) is 3.74. The van der Waals surface area contributed by atoms with Gasteiger partial charge in [0.1, 0.15) is 0 Å². The average Bonchev–Trinajstić information content (AvgIpc) is 3.17. The second-order valence-electron chi connectivity index (χ2n) is 7.20. The number of nitrogens with zero attached hydrogens (tertiary/aromatic N) is 1. The first-order valence-electron chi connectivity index (χ1n) is 8.29. The summed E-state index contributed by atoms with van der Waals surface area (Å²) < 4.78 is 11.5. The Morgan fingerprint density at radius 1 is 1.33 bits per heavy atom. The zero-order valence-electron chi connectivity index (χ0n) is 13.5. The zero-order chi connectivity index (χ0) is 14.9. The molecule has 0 spiro atoms. The summed E-state index contributed by atoms with van der Waals surface area (Å²) in [5.41, 5.74) is 0.182. The molecule has 0 amide bonds. The Balaban J connectivity index is 1.39. The Bertz CT molecular complexity index is 393. The number of guanidine groups is 1. The van der Waals surface area contributed by atoms with E-state index in [1.54, 1.807) is 0 Å². The highest BCUT2D eigenvalue weighted by atomic mass is 16.5. The average molecular weight is 295 g/mol. The van der Waals surface area contributed by atoms with E-state index in [-0.39, 0.29) is 5.41 Å². The van der Waals surface area contributed by atoms with Gasteiger partial charge in [-0.25, -0.2) is 0 Å². The minimum Gasteiger partial charge on any atom is -0.379 e. The quantitative estimate of drug-likeness (QED) is 0.442. The molecule has 0 radical (unpaired) electrons. The smallest absolute Gasteiger partial charge is 0.191 e. The Kier molecular flexibility index (Phi) is 4.41. The summed E-state index contributed by atoms with van der Waals surface area (Å²) in [6.07, 6.45) is 4.26. The van der Waals surface area contributed by atoms with Gasteiger partial charge in [0, 0.05) is 44.2 Å². The lowest BCUT2D eigenvalue weighted by molar-refractivity contribution is -0.106. The molecule has 1 aliphatic heterocycles. The van der Waals surface area contributed by atoms with Crippen LogP contribution in [-0.4, -0.2) is 51.5 Å². The highest BCUT2D eigenvalue weighted by molar-refractivity contribution is 5.80. The van der Waals surface area contributed by atoms with Crippen LogP contribution in [0.25, 0.3) is 0 Å². The van der Waals surface area contributed by atoms with E-state index in [4.69, 9.17) is 9.47 Å². The third-order valence-electron chi connectivity index (χ3n) is 5.21. The second-order valence-corrected chi connectivity index (χ2v) is 7.20. The molecule has 0 aromatic rings. The summed E-state index contributed by atoms with van der Waals surface area (Å²) in [4.78, 5) is 4.33. The van der Waals surface area contributed by atoms with Crippen molar-refractivity contribution in [1.82, 2.24) is 10.6 Å². The van der Waals surface area contributed by atoms with E-state index in [2.05, 4.69) is 29.5 Å². The van der Waals surface area contributed by atoms with Crippen molar-refractivity contribution in [2.45, 2.75) is 45.3 Å². The summed E-state index contributed by atoms with van der Waals surface area (Å²) in [5, 5.41) is 6.93. The molecule has 5 nitrogen and oxygen atoms in total. The molecule has 3 atom stereocenters. The molecule has 1 saturated heterocycles. The van der Waals surface area contributed by atoms with Crippen LogP contribution in [-0.2, 0) is 9.47 Å². The number of nitrogens with one attached hydrogen (secondary N) is 2. The molecule has 21 heavy (non-hydrogen) atoms. The summed E-state index contributed by atoms with van der Waals surface area (Å²) in [6, 6.07) is 0.448. The molecule has 5 heteroatoms. The monoisotopic (exact) mass is 295 g/mol. The largest absolute Gasteiger partial charge is 0.379 e. The standard InChI is InChI=1S/C16H29N3O2/c1-16(2)13(12-6-8-21-14(12)16)19-15(17-3)18-7-9-20-10-11-4-5-11/h11-14H,4-10H2,1-3H3,(H2,17,18,19). The van der Waals surface area contributed by atoms with Crippen molar-refractivity contribution in [3.8, 4) is 0 Å². The minimum atomic E-state index is 0.182. The highest BCUT2D eigenvalue weighted by Crippen LogP contribution is 2.52. The van der Waals surface area contributed by atoms with Gasteiger partial charge in [-0.1, -0.05) is 13.8 Å². The molecule has 0 aromatic carbocycles. The normalized spacial score (nSPS) is 34.2. The third kappa shape index (κ3) is 3.19. The number of fused-ring (bicyclic) bond motifs is 1. The fourth-order valence-corrected chi connectivity index (χ4v) is 3.74. The summed E-state index contributed by atoms with van der Waals surface area (Å²) in [7, 11) is 1.83. The number of hydrogen-bond acceptors (Lipinski definition) is 3. The van der Waals surface area contributed by atoms with Gasteiger partial charge in [-0.15, -0.1) is 0 Å². The van der Waals surface area contributed by atoms with E-state index in [0.29, 0.717) is 18.1 Å². The Hall–Kier alpha value is -0.810. The van der Waals surface area contributed by atoms with E-state index in [1.165, 1.54) is 12.8 Å². The fraction of sp³-hybridized carbons (Fsp3) is 0.938. The van der Waals surface area contributed by atoms with Gasteiger partial charge in [-0.05, 0) is 25.2 Å². The second kappa shape index (κ2) is 6.13. The van der Waals surface area contributed by atoms with E-state index in [0.717, 1.165) is 44.7 Å². The van der Waals surface area contributed by atoms with Crippen LogP contribution in [0.5, 0.6) is 0 Å². The van der Waals surface area contributed by atoms with Gasteiger partial charge in [0.25, 0.3) is 0 Å². The lowest BCUT2D eigenvalue weighted by atomic mass is 9.57. The van der Waals surface area contributed by atoms with Crippen molar-refractivity contribution in [3.05, 3.63) is 0 Å². The van der Waals surface area contributed by atoms with E-state index in [1.807, 2.05) is 7.05 Å². The third-order valence-corrected chi connectivity index (χ3v) is 5.21. The number of rotatable bonds is 6. The Morgan fingerprint density at radius 2 is 2.14 bits per heavy atom. The van der Waals surface area contributed by atoms with Gasteiger partial charge >= 0.3 is 0 Å². The Labute approximate surface area is 127 Å². The van der Waals surface area contributed by atoms with Crippen molar-refractivity contribution in [2.24, 2.45) is 22.2 Å².